The fourth-order valence-corrected chi connectivity index (χ4v) is 1.60. The number of carbonyl (C=O) groups excluding carboxylic acids is 1. The van der Waals surface area contributed by atoms with Crippen LogP contribution < -0.4 is 10.1 Å². The highest BCUT2D eigenvalue weighted by molar-refractivity contribution is 6.32. The van der Waals surface area contributed by atoms with Crippen LogP contribution in [0.15, 0.2) is 36.7 Å². The van der Waals surface area contributed by atoms with Crippen LogP contribution in [-0.2, 0) is 0 Å². The molecule has 1 heterocycles. The molecule has 1 N–H and O–H groups in total. The lowest BCUT2D eigenvalue weighted by atomic mass is 10.2. The van der Waals surface area contributed by atoms with Crippen LogP contribution in [0.25, 0.3) is 0 Å². The van der Waals surface area contributed by atoms with Gasteiger partial charge in [0.15, 0.2) is 0 Å². The predicted octanol–water partition coefficient (Wildman–Crippen LogP) is 2.39. The summed E-state index contributed by atoms with van der Waals surface area (Å²) < 4.78 is 5.01. The Bertz CT molecular complexity index is 561. The van der Waals surface area contributed by atoms with Crippen molar-refractivity contribution >= 4 is 23.5 Å². The first-order valence-electron chi connectivity index (χ1n) is 5.12. The largest absolute Gasteiger partial charge is 0.495 e. The van der Waals surface area contributed by atoms with Crippen molar-refractivity contribution in [1.82, 2.24) is 9.97 Å². The lowest BCUT2D eigenvalue weighted by Gasteiger charge is -2.06. The molecule has 0 saturated carbocycles. The van der Waals surface area contributed by atoms with E-state index in [0.29, 0.717) is 16.3 Å². The van der Waals surface area contributed by atoms with Crippen molar-refractivity contribution in [2.75, 3.05) is 12.4 Å². The molecule has 18 heavy (non-hydrogen) atoms. The first kappa shape index (κ1) is 12.3. The summed E-state index contributed by atoms with van der Waals surface area (Å²) in [6.45, 7) is 0. The summed E-state index contributed by atoms with van der Waals surface area (Å²) in [6.07, 6.45) is 3.09. The molecule has 92 valence electrons. The van der Waals surface area contributed by atoms with Crippen molar-refractivity contribution in [3.05, 3.63) is 47.2 Å². The topological polar surface area (TPSA) is 64.1 Å². The molecule has 0 aliphatic carbocycles. The Morgan fingerprint density at radius 1 is 1.33 bits per heavy atom. The lowest BCUT2D eigenvalue weighted by Crippen LogP contribution is -2.13. The van der Waals surface area contributed by atoms with E-state index in [-0.39, 0.29) is 11.9 Å². The van der Waals surface area contributed by atoms with Crippen LogP contribution >= 0.6 is 11.6 Å². The van der Waals surface area contributed by atoms with Crippen LogP contribution in [0.5, 0.6) is 5.75 Å². The highest BCUT2D eigenvalue weighted by Crippen LogP contribution is 2.25. The Morgan fingerprint density at radius 2 is 2.06 bits per heavy atom. The third-order valence-corrected chi connectivity index (χ3v) is 2.50. The van der Waals surface area contributed by atoms with Gasteiger partial charge in [-0.3, -0.25) is 10.1 Å². The Kier molecular flexibility index (Phi) is 3.74. The van der Waals surface area contributed by atoms with Gasteiger partial charge in [-0.15, -0.1) is 0 Å². The number of hydrogen-bond donors (Lipinski definition) is 1. The van der Waals surface area contributed by atoms with E-state index < -0.39 is 0 Å². The van der Waals surface area contributed by atoms with Crippen molar-refractivity contribution in [2.24, 2.45) is 0 Å². The van der Waals surface area contributed by atoms with E-state index in [4.69, 9.17) is 16.3 Å². The van der Waals surface area contributed by atoms with Crippen LogP contribution in [-0.4, -0.2) is 23.0 Å². The van der Waals surface area contributed by atoms with E-state index >= 15 is 0 Å². The summed E-state index contributed by atoms with van der Waals surface area (Å²) in [6, 6.07) is 6.44. The number of rotatable bonds is 3. The number of hydrogen-bond acceptors (Lipinski definition) is 4. The van der Waals surface area contributed by atoms with Gasteiger partial charge >= 0.3 is 0 Å². The average Bonchev–Trinajstić information content (AvgIpc) is 2.39. The number of amides is 1. The van der Waals surface area contributed by atoms with Crippen molar-refractivity contribution in [3.8, 4) is 5.75 Å². The first-order valence-corrected chi connectivity index (χ1v) is 5.50. The van der Waals surface area contributed by atoms with Crippen LogP contribution in [0.4, 0.5) is 5.95 Å². The number of nitrogens with one attached hydrogen (secondary N) is 1. The van der Waals surface area contributed by atoms with Crippen LogP contribution in [0.1, 0.15) is 10.4 Å². The number of halogens is 1. The van der Waals surface area contributed by atoms with Crippen molar-refractivity contribution in [3.63, 3.8) is 0 Å². The molecule has 0 bridgehead atoms. The molecule has 1 amide bonds. The molecule has 0 fully saturated rings. The molecular weight excluding hydrogens is 254 g/mol. The molecule has 1 aromatic heterocycles. The molecule has 2 rings (SSSR count). The van der Waals surface area contributed by atoms with Gasteiger partial charge in [0.2, 0.25) is 5.95 Å². The van der Waals surface area contributed by atoms with Crippen LogP contribution in [0.3, 0.4) is 0 Å². The maximum atomic E-state index is 11.9. The van der Waals surface area contributed by atoms with Gasteiger partial charge in [-0.25, -0.2) is 9.97 Å². The van der Waals surface area contributed by atoms with Crippen molar-refractivity contribution in [1.29, 1.82) is 0 Å². The molecule has 0 saturated heterocycles. The van der Waals surface area contributed by atoms with Gasteiger partial charge < -0.3 is 4.74 Å². The zero-order chi connectivity index (χ0) is 13.0. The number of carbonyl (C=O) groups is 1. The Labute approximate surface area is 109 Å². The molecule has 0 spiro atoms. The fourth-order valence-electron chi connectivity index (χ4n) is 1.34. The van der Waals surface area contributed by atoms with Crippen LogP contribution in [0.2, 0.25) is 5.02 Å². The molecule has 2 aromatic rings. The van der Waals surface area contributed by atoms with E-state index in [1.165, 1.54) is 13.2 Å². The molecule has 0 aliphatic rings. The normalized spacial score (nSPS) is 9.89. The zero-order valence-corrected chi connectivity index (χ0v) is 10.3. The molecule has 0 atom stereocenters. The van der Waals surface area contributed by atoms with Gasteiger partial charge in [-0.2, -0.15) is 0 Å². The summed E-state index contributed by atoms with van der Waals surface area (Å²) in [5, 5.41) is 2.94. The summed E-state index contributed by atoms with van der Waals surface area (Å²) in [5.41, 5.74) is 0.410. The molecule has 0 unspecified atom stereocenters. The minimum absolute atomic E-state index is 0.245. The van der Waals surface area contributed by atoms with Gasteiger partial charge in [0.25, 0.3) is 5.91 Å². The lowest BCUT2D eigenvalue weighted by molar-refractivity contribution is 0.102. The number of ether oxygens (including phenoxy) is 1. The quantitative estimate of drug-likeness (QED) is 0.923. The van der Waals surface area contributed by atoms with E-state index in [1.807, 2.05) is 0 Å². The maximum Gasteiger partial charge on any atom is 0.258 e. The summed E-state index contributed by atoms with van der Waals surface area (Å²) in [4.78, 5) is 19.7. The summed E-state index contributed by atoms with van der Waals surface area (Å²) >= 11 is 5.94. The van der Waals surface area contributed by atoms with Gasteiger partial charge in [0.1, 0.15) is 5.75 Å². The van der Waals surface area contributed by atoms with E-state index in [2.05, 4.69) is 15.3 Å². The van der Waals surface area contributed by atoms with E-state index in [0.717, 1.165) is 0 Å². The average molecular weight is 264 g/mol. The number of methoxy groups -OCH3 is 1. The van der Waals surface area contributed by atoms with E-state index in [9.17, 15) is 4.79 Å². The molecule has 0 aliphatic heterocycles. The molecular formula is C12H10ClN3O2. The minimum atomic E-state index is -0.328. The van der Waals surface area contributed by atoms with E-state index in [1.54, 1.807) is 30.6 Å². The fraction of sp³-hybridized carbons (Fsp3) is 0.0833. The zero-order valence-electron chi connectivity index (χ0n) is 9.55. The molecule has 6 heteroatoms. The standard InChI is InChI=1S/C12H10ClN3O2/c1-18-10-4-3-8(7-9(10)13)11(17)16-12-14-5-2-6-15-12/h2-7H,1H3,(H,14,15,16,17). The molecule has 1 aromatic carbocycles. The third kappa shape index (κ3) is 2.75. The van der Waals surface area contributed by atoms with Crippen molar-refractivity contribution in [2.45, 2.75) is 0 Å². The maximum absolute atomic E-state index is 11.9. The van der Waals surface area contributed by atoms with Gasteiger partial charge in [0.05, 0.1) is 12.1 Å². The number of benzene rings is 1. The number of nitrogens with zero attached hydrogens (tertiary/aromatic N) is 2. The second-order valence-corrected chi connectivity index (χ2v) is 3.78. The predicted molar refractivity (Wildman–Crippen MR) is 68.0 cm³/mol. The molecule has 5 nitrogen and oxygen atoms in total. The third-order valence-electron chi connectivity index (χ3n) is 2.21. The Hall–Kier alpha value is -2.14. The first-order chi connectivity index (χ1) is 8.70. The summed E-state index contributed by atoms with van der Waals surface area (Å²) in [5.74, 6) is 0.435. The van der Waals surface area contributed by atoms with Gasteiger partial charge in [0, 0.05) is 18.0 Å². The minimum Gasteiger partial charge on any atom is -0.495 e. The van der Waals surface area contributed by atoms with Gasteiger partial charge in [-0.1, -0.05) is 11.6 Å². The number of aromatic nitrogens is 2. The van der Waals surface area contributed by atoms with Gasteiger partial charge in [-0.05, 0) is 24.3 Å². The second kappa shape index (κ2) is 5.46. The molecule has 0 radical (unpaired) electrons. The monoisotopic (exact) mass is 263 g/mol. The SMILES string of the molecule is COc1ccc(C(=O)Nc2ncccn2)cc1Cl. The smallest absolute Gasteiger partial charge is 0.258 e. The number of anilines is 1. The van der Waals surface area contributed by atoms with Crippen molar-refractivity contribution < 1.29 is 9.53 Å². The second-order valence-electron chi connectivity index (χ2n) is 3.38. The highest BCUT2D eigenvalue weighted by Gasteiger charge is 2.10. The highest BCUT2D eigenvalue weighted by atomic mass is 35.5. The summed E-state index contributed by atoms with van der Waals surface area (Å²) in [7, 11) is 1.51. The Morgan fingerprint density at radius 3 is 2.67 bits per heavy atom. The Balaban J connectivity index is 2.17. The van der Waals surface area contributed by atoms with Crippen LogP contribution in [0, 0.1) is 0 Å².